The third kappa shape index (κ3) is 4.09. The Kier molecular flexibility index (Phi) is 6.17. The van der Waals surface area contributed by atoms with Crippen LogP contribution in [-0.4, -0.2) is 37.6 Å². The molecule has 1 aliphatic heterocycles. The molecule has 1 aliphatic carbocycles. The van der Waals surface area contributed by atoms with Crippen LogP contribution in [0.25, 0.3) is 0 Å². The minimum absolute atomic E-state index is 0.0253. The predicted molar refractivity (Wildman–Crippen MR) is 120 cm³/mol. The van der Waals surface area contributed by atoms with E-state index in [-0.39, 0.29) is 22.1 Å². The van der Waals surface area contributed by atoms with Crippen molar-refractivity contribution in [3.63, 3.8) is 0 Å². The summed E-state index contributed by atoms with van der Waals surface area (Å²) in [6.07, 6.45) is 4.36. The Morgan fingerprint density at radius 1 is 0.719 bits per heavy atom. The van der Waals surface area contributed by atoms with Crippen LogP contribution < -0.4 is 0 Å². The summed E-state index contributed by atoms with van der Waals surface area (Å²) in [6, 6.07) is 11.6. The van der Waals surface area contributed by atoms with Crippen LogP contribution in [-0.2, 0) is 24.8 Å². The maximum atomic E-state index is 13.8. The highest BCUT2D eigenvalue weighted by atomic mass is 32.2. The number of hydrogen-bond acceptors (Lipinski definition) is 5. The van der Waals surface area contributed by atoms with Crippen LogP contribution >= 0.6 is 0 Å². The quantitative estimate of drug-likeness (QED) is 0.655. The van der Waals surface area contributed by atoms with E-state index in [1.165, 1.54) is 24.3 Å². The highest BCUT2D eigenvalue weighted by Gasteiger charge is 2.53. The summed E-state index contributed by atoms with van der Waals surface area (Å²) < 4.78 is 55.9. The van der Waals surface area contributed by atoms with Gasteiger partial charge in [-0.2, -0.15) is 8.42 Å². The lowest BCUT2D eigenvalue weighted by Crippen LogP contribution is -2.51. The lowest BCUT2D eigenvalue weighted by atomic mass is 9.83. The topological polar surface area (TPSA) is 91.8 Å². The van der Waals surface area contributed by atoms with Gasteiger partial charge in [-0.05, 0) is 56.9 Å². The van der Waals surface area contributed by atoms with Crippen LogP contribution in [0, 0.1) is 19.8 Å². The van der Waals surface area contributed by atoms with Crippen LogP contribution in [0.15, 0.2) is 58.3 Å². The summed E-state index contributed by atoms with van der Waals surface area (Å²) in [6.45, 7) is 3.67. The van der Waals surface area contributed by atoms with Gasteiger partial charge in [0.2, 0.25) is 0 Å². The summed E-state index contributed by atoms with van der Waals surface area (Å²) >= 11 is 0. The zero-order valence-corrected chi connectivity index (χ0v) is 19.9. The molecule has 0 unspecified atom stereocenters. The fourth-order valence-corrected chi connectivity index (χ4v) is 8.06. The van der Waals surface area contributed by atoms with Crippen LogP contribution in [0.1, 0.15) is 49.7 Å². The molecule has 2 aromatic rings. The van der Waals surface area contributed by atoms with Crippen molar-refractivity contribution >= 4 is 26.0 Å². The van der Waals surface area contributed by atoms with E-state index in [9.17, 15) is 21.6 Å². The van der Waals surface area contributed by atoms with Gasteiger partial charge >= 0.3 is 0 Å². The first-order chi connectivity index (χ1) is 15.1. The Morgan fingerprint density at radius 2 is 1.19 bits per heavy atom. The Hall–Kier alpha value is -2.23. The Labute approximate surface area is 190 Å². The zero-order valence-electron chi connectivity index (χ0n) is 18.3. The molecule has 1 saturated carbocycles. The highest BCUT2D eigenvalue weighted by molar-refractivity contribution is 7.92. The van der Waals surface area contributed by atoms with Gasteiger partial charge in [-0.25, -0.2) is 8.42 Å². The van der Waals surface area contributed by atoms with Gasteiger partial charge in [-0.3, -0.25) is 4.79 Å². The van der Waals surface area contributed by atoms with Crippen molar-refractivity contribution in [3.05, 3.63) is 59.7 Å². The molecule has 0 spiro atoms. The molecular formula is C23H28N2O5S2. The number of hydrogen-bond donors (Lipinski definition) is 0. The standard InChI is InChI=1S/C23H28N2O5S2/c1-17-8-12-20(13-9-17)31(27,28)24-22(19-6-4-3-5-7-19)16-23(26)25(24)32(29,30)21-14-10-18(2)11-15-21/h8-15,19,22H,3-7,16H2,1-2H3/t22-/m0/s1. The van der Waals surface area contributed by atoms with Crippen LogP contribution in [0.2, 0.25) is 0 Å². The molecule has 1 atom stereocenters. The molecule has 7 nitrogen and oxygen atoms in total. The van der Waals surface area contributed by atoms with Crippen molar-refractivity contribution in [1.29, 1.82) is 0 Å². The van der Waals surface area contributed by atoms with E-state index in [2.05, 4.69) is 0 Å². The predicted octanol–water partition coefficient (Wildman–Crippen LogP) is 3.78. The number of benzene rings is 2. The van der Waals surface area contributed by atoms with E-state index in [1.807, 2.05) is 13.8 Å². The number of sulfonamides is 2. The fourth-order valence-electron chi connectivity index (χ4n) is 4.59. The highest BCUT2D eigenvalue weighted by Crippen LogP contribution is 2.40. The number of hydrazine groups is 1. The molecule has 172 valence electrons. The van der Waals surface area contributed by atoms with E-state index in [1.54, 1.807) is 24.3 Å². The van der Waals surface area contributed by atoms with Crippen molar-refractivity contribution in [2.75, 3.05) is 0 Å². The summed E-state index contributed by atoms with van der Waals surface area (Å²) in [4.78, 5) is 13.0. The number of rotatable bonds is 5. The van der Waals surface area contributed by atoms with Gasteiger partial charge in [-0.1, -0.05) is 59.1 Å². The van der Waals surface area contributed by atoms with Crippen molar-refractivity contribution in [2.24, 2.45) is 5.92 Å². The average molecular weight is 477 g/mol. The second kappa shape index (κ2) is 8.61. The molecule has 4 rings (SSSR count). The summed E-state index contributed by atoms with van der Waals surface area (Å²) in [5, 5.41) is 0. The lowest BCUT2D eigenvalue weighted by Gasteiger charge is -2.35. The van der Waals surface area contributed by atoms with Crippen molar-refractivity contribution in [2.45, 2.75) is 68.2 Å². The second-order valence-electron chi connectivity index (χ2n) is 8.72. The Morgan fingerprint density at radius 3 is 1.69 bits per heavy atom. The number of aryl methyl sites for hydroxylation is 2. The van der Waals surface area contributed by atoms with Gasteiger partial charge in [0.05, 0.1) is 15.8 Å². The molecule has 32 heavy (non-hydrogen) atoms. The van der Waals surface area contributed by atoms with E-state index in [0.29, 0.717) is 4.41 Å². The van der Waals surface area contributed by atoms with Crippen molar-refractivity contribution < 1.29 is 21.6 Å². The second-order valence-corrected chi connectivity index (χ2v) is 12.3. The van der Waals surface area contributed by atoms with Gasteiger partial charge in [0, 0.05) is 6.42 Å². The Balaban J connectivity index is 1.84. The Bertz CT molecular complexity index is 1200. The minimum Gasteiger partial charge on any atom is -0.272 e. The fraction of sp³-hybridized carbons (Fsp3) is 0.435. The number of nitrogens with zero attached hydrogens (tertiary/aromatic N) is 2. The van der Waals surface area contributed by atoms with E-state index >= 15 is 0 Å². The summed E-state index contributed by atoms with van der Waals surface area (Å²) in [5.41, 5.74) is 1.75. The first-order valence-corrected chi connectivity index (χ1v) is 13.8. The average Bonchev–Trinajstić information content (AvgIpc) is 3.14. The third-order valence-corrected chi connectivity index (χ3v) is 9.97. The van der Waals surface area contributed by atoms with Crippen LogP contribution in [0.3, 0.4) is 0 Å². The third-order valence-electron chi connectivity index (χ3n) is 6.37. The molecule has 2 aromatic carbocycles. The summed E-state index contributed by atoms with van der Waals surface area (Å²) in [5.74, 6) is -0.775. The molecule has 2 fully saturated rings. The number of carbonyl (C=O) groups excluding carboxylic acids is 1. The van der Waals surface area contributed by atoms with Gasteiger partial charge < -0.3 is 0 Å². The zero-order chi connectivity index (χ0) is 23.1. The molecule has 2 aliphatic rings. The molecule has 0 bridgehead atoms. The molecule has 1 saturated heterocycles. The van der Waals surface area contributed by atoms with Crippen molar-refractivity contribution in [3.8, 4) is 0 Å². The number of amides is 1. The molecule has 1 heterocycles. The molecule has 0 aromatic heterocycles. The maximum Gasteiger partial charge on any atom is 0.281 e. The van der Waals surface area contributed by atoms with Gasteiger partial charge in [0.1, 0.15) is 0 Å². The molecule has 9 heteroatoms. The van der Waals surface area contributed by atoms with Gasteiger partial charge in [0.25, 0.3) is 26.0 Å². The maximum absolute atomic E-state index is 13.8. The molecule has 0 radical (unpaired) electrons. The first-order valence-electron chi connectivity index (χ1n) is 10.9. The van der Waals surface area contributed by atoms with Gasteiger partial charge in [0.15, 0.2) is 0 Å². The van der Waals surface area contributed by atoms with Crippen LogP contribution in [0.5, 0.6) is 0 Å². The largest absolute Gasteiger partial charge is 0.281 e. The van der Waals surface area contributed by atoms with E-state index < -0.39 is 32.0 Å². The van der Waals surface area contributed by atoms with E-state index in [0.717, 1.165) is 47.6 Å². The van der Waals surface area contributed by atoms with Gasteiger partial charge in [-0.15, -0.1) is 4.41 Å². The number of carbonyl (C=O) groups is 1. The minimum atomic E-state index is -4.39. The smallest absolute Gasteiger partial charge is 0.272 e. The molecule has 0 N–H and O–H groups in total. The van der Waals surface area contributed by atoms with Crippen LogP contribution in [0.4, 0.5) is 0 Å². The molecular weight excluding hydrogens is 448 g/mol. The normalized spacial score (nSPS) is 21.2. The monoisotopic (exact) mass is 476 g/mol. The van der Waals surface area contributed by atoms with E-state index in [4.69, 9.17) is 0 Å². The lowest BCUT2D eigenvalue weighted by molar-refractivity contribution is -0.126. The van der Waals surface area contributed by atoms with Crippen molar-refractivity contribution in [1.82, 2.24) is 8.83 Å². The first kappa shape index (κ1) is 22.9. The SMILES string of the molecule is Cc1ccc(S(=O)(=O)N2C(=O)C[C@@H](C3CCCCC3)N2S(=O)(=O)c2ccc(C)cc2)cc1. The summed E-state index contributed by atoms with van der Waals surface area (Å²) in [7, 11) is -8.67. The molecule has 1 amide bonds.